The van der Waals surface area contributed by atoms with Crippen LogP contribution < -0.4 is 10.2 Å². The number of hydrogen-bond donors (Lipinski definition) is 1. The molecule has 4 heterocycles. The van der Waals surface area contributed by atoms with Crippen molar-refractivity contribution in [3.8, 4) is 0 Å². The van der Waals surface area contributed by atoms with Gasteiger partial charge in [0.1, 0.15) is 11.6 Å². The molecular weight excluding hydrogens is 428 g/mol. The summed E-state index contributed by atoms with van der Waals surface area (Å²) < 4.78 is 28.9. The normalized spacial score (nSPS) is 18.6. The smallest absolute Gasteiger partial charge is 0.262 e. The van der Waals surface area contributed by atoms with E-state index in [1.807, 2.05) is 12.1 Å². The molecule has 9 nitrogen and oxygen atoms in total. The summed E-state index contributed by atoms with van der Waals surface area (Å²) in [4.78, 5) is 23.8. The molecule has 2 aromatic heterocycles. The van der Waals surface area contributed by atoms with Crippen molar-refractivity contribution in [1.29, 1.82) is 0 Å². The quantitative estimate of drug-likeness (QED) is 0.706. The zero-order chi connectivity index (χ0) is 22.7. The Morgan fingerprint density at radius 1 is 1.16 bits per heavy atom. The van der Waals surface area contributed by atoms with E-state index in [0.717, 1.165) is 24.5 Å². The molecule has 32 heavy (non-hydrogen) atoms. The van der Waals surface area contributed by atoms with E-state index in [0.29, 0.717) is 38.3 Å². The van der Waals surface area contributed by atoms with E-state index in [4.69, 9.17) is 0 Å². The predicted molar refractivity (Wildman–Crippen MR) is 122 cm³/mol. The zero-order valence-electron chi connectivity index (χ0n) is 18.8. The van der Waals surface area contributed by atoms with Gasteiger partial charge in [-0.25, -0.2) is 18.4 Å². The van der Waals surface area contributed by atoms with Gasteiger partial charge in [-0.15, -0.1) is 0 Å². The first-order valence-corrected chi connectivity index (χ1v) is 12.8. The first-order valence-electron chi connectivity index (χ1n) is 11.3. The third-order valence-electron chi connectivity index (χ3n) is 6.49. The molecule has 0 bridgehead atoms. The van der Waals surface area contributed by atoms with Gasteiger partial charge in [-0.2, -0.15) is 4.31 Å². The number of hydrogen-bond acceptors (Lipinski definition) is 6. The van der Waals surface area contributed by atoms with Crippen LogP contribution in [0.4, 0.5) is 5.82 Å². The molecule has 0 atom stereocenters. The maximum atomic E-state index is 12.9. The van der Waals surface area contributed by atoms with Gasteiger partial charge in [0, 0.05) is 63.6 Å². The average molecular weight is 461 g/mol. The lowest BCUT2D eigenvalue weighted by Crippen LogP contribution is -2.43. The van der Waals surface area contributed by atoms with E-state index in [1.165, 1.54) is 29.8 Å². The number of piperidine rings is 2. The summed E-state index contributed by atoms with van der Waals surface area (Å²) in [5.74, 6) is 1.39. The summed E-state index contributed by atoms with van der Waals surface area (Å²) in [5.41, 5.74) is 1.02. The van der Waals surface area contributed by atoms with Gasteiger partial charge in [0.15, 0.2) is 5.03 Å². The van der Waals surface area contributed by atoms with Crippen molar-refractivity contribution >= 4 is 21.7 Å². The van der Waals surface area contributed by atoms with Gasteiger partial charge in [-0.05, 0) is 45.1 Å². The SMILES string of the molecule is Cc1nc(S(=O)(=O)N2CCC(C(=O)NCc3cccnc3N3CCCCC3)CC2)cn1C. The molecule has 0 aliphatic carbocycles. The number of rotatable bonds is 6. The van der Waals surface area contributed by atoms with Crippen LogP contribution in [0.1, 0.15) is 43.5 Å². The van der Waals surface area contributed by atoms with Crippen LogP contribution in [0.2, 0.25) is 0 Å². The fraction of sp³-hybridized carbons (Fsp3) is 0.591. The molecule has 2 aliphatic heterocycles. The van der Waals surface area contributed by atoms with E-state index >= 15 is 0 Å². The van der Waals surface area contributed by atoms with Gasteiger partial charge in [-0.1, -0.05) is 6.07 Å². The minimum Gasteiger partial charge on any atom is -0.356 e. The number of aromatic nitrogens is 3. The molecule has 4 rings (SSSR count). The van der Waals surface area contributed by atoms with Crippen LogP contribution in [0.5, 0.6) is 0 Å². The second-order valence-corrected chi connectivity index (χ2v) is 10.6. The van der Waals surface area contributed by atoms with Gasteiger partial charge in [-0.3, -0.25) is 4.79 Å². The van der Waals surface area contributed by atoms with Crippen LogP contribution in [0, 0.1) is 12.8 Å². The van der Waals surface area contributed by atoms with Gasteiger partial charge < -0.3 is 14.8 Å². The van der Waals surface area contributed by atoms with Gasteiger partial charge in [0.25, 0.3) is 10.0 Å². The minimum absolute atomic E-state index is 0.0239. The number of anilines is 1. The van der Waals surface area contributed by atoms with Crippen molar-refractivity contribution in [3.63, 3.8) is 0 Å². The van der Waals surface area contributed by atoms with Crippen molar-refractivity contribution in [2.75, 3.05) is 31.1 Å². The second kappa shape index (κ2) is 9.58. The predicted octanol–water partition coefficient (Wildman–Crippen LogP) is 1.83. The Bertz CT molecular complexity index is 1030. The number of carbonyl (C=O) groups excluding carboxylic acids is 1. The molecule has 2 fully saturated rings. The van der Waals surface area contributed by atoms with Crippen LogP contribution in [0.15, 0.2) is 29.6 Å². The number of nitrogens with one attached hydrogen (secondary N) is 1. The van der Waals surface area contributed by atoms with E-state index in [1.54, 1.807) is 24.7 Å². The van der Waals surface area contributed by atoms with Gasteiger partial charge in [0.05, 0.1) is 0 Å². The Balaban J connectivity index is 1.33. The Morgan fingerprint density at radius 2 is 1.88 bits per heavy atom. The van der Waals surface area contributed by atoms with Crippen LogP contribution in [0.25, 0.3) is 0 Å². The lowest BCUT2D eigenvalue weighted by Gasteiger charge is -2.31. The maximum absolute atomic E-state index is 12.9. The Labute approximate surface area is 189 Å². The third kappa shape index (κ3) is 4.80. The van der Waals surface area contributed by atoms with Crippen molar-refractivity contribution < 1.29 is 13.2 Å². The molecule has 2 aliphatic rings. The fourth-order valence-electron chi connectivity index (χ4n) is 4.43. The monoisotopic (exact) mass is 460 g/mol. The topological polar surface area (TPSA) is 100 Å². The molecule has 1 N–H and O–H groups in total. The highest BCUT2D eigenvalue weighted by Crippen LogP contribution is 2.25. The highest BCUT2D eigenvalue weighted by Gasteiger charge is 2.33. The maximum Gasteiger partial charge on any atom is 0.262 e. The lowest BCUT2D eigenvalue weighted by molar-refractivity contribution is -0.126. The zero-order valence-corrected chi connectivity index (χ0v) is 19.6. The van der Waals surface area contributed by atoms with E-state index in [9.17, 15) is 13.2 Å². The molecule has 174 valence electrons. The molecule has 10 heteroatoms. The Hall–Kier alpha value is -2.46. The number of aryl methyl sites for hydroxylation is 2. The molecule has 0 saturated carbocycles. The number of imidazole rings is 1. The average Bonchev–Trinajstić information content (AvgIpc) is 3.17. The van der Waals surface area contributed by atoms with Crippen molar-refractivity contribution in [3.05, 3.63) is 35.9 Å². The third-order valence-corrected chi connectivity index (χ3v) is 8.26. The summed E-state index contributed by atoms with van der Waals surface area (Å²) in [7, 11) is -1.86. The molecular formula is C22H32N6O3S. The summed E-state index contributed by atoms with van der Waals surface area (Å²) in [5, 5.41) is 3.13. The van der Waals surface area contributed by atoms with E-state index < -0.39 is 10.0 Å². The number of sulfonamides is 1. The summed E-state index contributed by atoms with van der Waals surface area (Å²) in [6.45, 7) is 4.85. The number of pyridine rings is 1. The van der Waals surface area contributed by atoms with Crippen LogP contribution in [-0.2, 0) is 28.4 Å². The van der Waals surface area contributed by atoms with Crippen LogP contribution >= 0.6 is 0 Å². The fourth-order valence-corrected chi connectivity index (χ4v) is 5.92. The lowest BCUT2D eigenvalue weighted by atomic mass is 9.97. The van der Waals surface area contributed by atoms with Gasteiger partial charge in [0.2, 0.25) is 5.91 Å². The molecule has 1 amide bonds. The second-order valence-electron chi connectivity index (χ2n) is 8.67. The van der Waals surface area contributed by atoms with E-state index in [-0.39, 0.29) is 16.9 Å². The summed E-state index contributed by atoms with van der Waals surface area (Å²) in [6, 6.07) is 3.92. The first kappa shape index (κ1) is 22.7. The number of nitrogens with zero attached hydrogens (tertiary/aromatic N) is 5. The summed E-state index contributed by atoms with van der Waals surface area (Å²) >= 11 is 0. The van der Waals surface area contributed by atoms with Gasteiger partial charge >= 0.3 is 0 Å². The van der Waals surface area contributed by atoms with Crippen molar-refractivity contribution in [2.45, 2.75) is 50.6 Å². The molecule has 2 aromatic rings. The number of carbonyl (C=O) groups is 1. The molecule has 0 spiro atoms. The standard InChI is InChI=1S/C22H32N6O3S/c1-17-25-20(16-26(17)2)32(30,31)28-13-8-18(9-14-28)22(29)24-15-19-7-6-10-23-21(19)27-11-4-3-5-12-27/h6-7,10,16,18H,3-5,8-9,11-15H2,1-2H3,(H,24,29). The highest BCUT2D eigenvalue weighted by atomic mass is 32.2. The molecule has 2 saturated heterocycles. The first-order chi connectivity index (χ1) is 15.4. The van der Waals surface area contributed by atoms with E-state index in [2.05, 4.69) is 20.2 Å². The van der Waals surface area contributed by atoms with Crippen LogP contribution in [-0.4, -0.2) is 59.3 Å². The number of amides is 1. The van der Waals surface area contributed by atoms with Crippen molar-refractivity contribution in [1.82, 2.24) is 24.2 Å². The minimum atomic E-state index is -3.63. The highest BCUT2D eigenvalue weighted by molar-refractivity contribution is 7.89. The van der Waals surface area contributed by atoms with Crippen LogP contribution in [0.3, 0.4) is 0 Å². The molecule has 0 aromatic carbocycles. The Morgan fingerprint density at radius 3 is 2.53 bits per heavy atom. The summed E-state index contributed by atoms with van der Waals surface area (Å²) in [6.07, 6.45) is 7.94. The van der Waals surface area contributed by atoms with Crippen molar-refractivity contribution in [2.24, 2.45) is 13.0 Å². The molecule has 0 unspecified atom stereocenters. The largest absolute Gasteiger partial charge is 0.356 e. The molecule has 0 radical (unpaired) electrons. The Kier molecular flexibility index (Phi) is 6.80.